The molecular formula is C19H23FN2O4. The highest BCUT2D eigenvalue weighted by Crippen LogP contribution is 2.29. The third kappa shape index (κ3) is 3.71. The zero-order valence-electron chi connectivity index (χ0n) is 14.8. The zero-order chi connectivity index (χ0) is 18.7. The van der Waals surface area contributed by atoms with Crippen molar-refractivity contribution >= 4 is 23.5 Å². The number of carbonyl (C=O) groups excluding carboxylic acids is 3. The van der Waals surface area contributed by atoms with E-state index in [1.807, 2.05) is 0 Å². The summed E-state index contributed by atoms with van der Waals surface area (Å²) in [6.45, 7) is 3.28. The Balaban J connectivity index is 1.59. The van der Waals surface area contributed by atoms with Gasteiger partial charge in [0.15, 0.2) is 0 Å². The third-order valence-corrected chi connectivity index (χ3v) is 5.04. The molecule has 0 unspecified atom stereocenters. The average Bonchev–Trinajstić information content (AvgIpc) is 3.03. The number of piperidine rings is 1. The molecule has 0 N–H and O–H groups in total. The number of ether oxygens (including phenoxy) is 1. The normalized spacial score (nSPS) is 21.2. The summed E-state index contributed by atoms with van der Waals surface area (Å²) in [7, 11) is 0. The molecule has 3 rings (SSSR count). The standard InChI is InChI=1S/C19H23FN2O4/c1-2-26-19(25)13-7-9-21(10-8-13)18(24)14-11-17(23)22(12-14)16-6-4-3-5-15(16)20/h3-6,13-14H,2,7-12H2,1H3/t14-/m1/s1. The molecule has 1 aromatic rings. The minimum absolute atomic E-state index is 0.0883. The molecule has 0 aliphatic carbocycles. The molecule has 140 valence electrons. The van der Waals surface area contributed by atoms with Crippen molar-refractivity contribution in [2.45, 2.75) is 26.2 Å². The molecule has 26 heavy (non-hydrogen) atoms. The Bertz CT molecular complexity index is 701. The molecule has 0 saturated carbocycles. The molecule has 2 aliphatic rings. The summed E-state index contributed by atoms with van der Waals surface area (Å²) in [5.41, 5.74) is 0.216. The largest absolute Gasteiger partial charge is 0.466 e. The first-order chi connectivity index (χ1) is 12.5. The number of para-hydroxylation sites is 1. The highest BCUT2D eigenvalue weighted by atomic mass is 19.1. The van der Waals surface area contributed by atoms with Crippen molar-refractivity contribution in [3.05, 3.63) is 30.1 Å². The number of benzene rings is 1. The number of amides is 2. The first-order valence-corrected chi connectivity index (χ1v) is 9.01. The molecule has 1 atom stereocenters. The summed E-state index contributed by atoms with van der Waals surface area (Å²) in [5, 5.41) is 0. The van der Waals surface area contributed by atoms with Crippen LogP contribution in [0.1, 0.15) is 26.2 Å². The highest BCUT2D eigenvalue weighted by molar-refractivity contribution is 6.00. The maximum Gasteiger partial charge on any atom is 0.309 e. The van der Waals surface area contributed by atoms with Gasteiger partial charge < -0.3 is 14.5 Å². The number of nitrogens with zero attached hydrogens (tertiary/aromatic N) is 2. The molecule has 2 heterocycles. The van der Waals surface area contributed by atoms with Crippen LogP contribution in [0.4, 0.5) is 10.1 Å². The van der Waals surface area contributed by atoms with Crippen molar-refractivity contribution in [1.82, 2.24) is 4.90 Å². The van der Waals surface area contributed by atoms with Crippen molar-refractivity contribution < 1.29 is 23.5 Å². The number of anilines is 1. The van der Waals surface area contributed by atoms with E-state index < -0.39 is 11.7 Å². The van der Waals surface area contributed by atoms with Crippen LogP contribution in [0.3, 0.4) is 0 Å². The van der Waals surface area contributed by atoms with E-state index in [0.29, 0.717) is 32.5 Å². The van der Waals surface area contributed by atoms with Crippen LogP contribution in [0.2, 0.25) is 0 Å². The lowest BCUT2D eigenvalue weighted by Gasteiger charge is -2.32. The Kier molecular flexibility index (Phi) is 5.54. The van der Waals surface area contributed by atoms with Gasteiger partial charge in [0.1, 0.15) is 5.82 Å². The van der Waals surface area contributed by atoms with E-state index in [-0.39, 0.29) is 42.4 Å². The summed E-state index contributed by atoms with van der Waals surface area (Å²) in [6.07, 6.45) is 1.23. The highest BCUT2D eigenvalue weighted by Gasteiger charge is 2.39. The van der Waals surface area contributed by atoms with E-state index in [4.69, 9.17) is 4.74 Å². The van der Waals surface area contributed by atoms with Crippen LogP contribution in [0.25, 0.3) is 0 Å². The summed E-state index contributed by atoms with van der Waals surface area (Å²) in [5.74, 6) is -1.65. The van der Waals surface area contributed by atoms with Gasteiger partial charge in [-0.3, -0.25) is 14.4 Å². The van der Waals surface area contributed by atoms with Crippen molar-refractivity contribution in [1.29, 1.82) is 0 Å². The Morgan fingerprint density at radius 2 is 1.88 bits per heavy atom. The predicted octanol–water partition coefficient (Wildman–Crippen LogP) is 1.98. The number of carbonyl (C=O) groups is 3. The summed E-state index contributed by atoms with van der Waals surface area (Å²) < 4.78 is 19.0. The molecule has 7 heteroatoms. The number of likely N-dealkylation sites (tertiary alicyclic amines) is 1. The molecule has 0 aromatic heterocycles. The molecule has 0 spiro atoms. The Morgan fingerprint density at radius 1 is 1.19 bits per heavy atom. The summed E-state index contributed by atoms with van der Waals surface area (Å²) in [4.78, 5) is 39.9. The fourth-order valence-electron chi connectivity index (χ4n) is 3.63. The molecule has 0 radical (unpaired) electrons. The van der Waals surface area contributed by atoms with Crippen LogP contribution in [0.15, 0.2) is 24.3 Å². The lowest BCUT2D eigenvalue weighted by atomic mass is 9.95. The van der Waals surface area contributed by atoms with E-state index in [9.17, 15) is 18.8 Å². The molecule has 0 bridgehead atoms. The van der Waals surface area contributed by atoms with Crippen molar-refractivity contribution in [3.8, 4) is 0 Å². The van der Waals surface area contributed by atoms with Crippen LogP contribution < -0.4 is 4.90 Å². The lowest BCUT2D eigenvalue weighted by Crippen LogP contribution is -2.44. The number of esters is 1. The Hall–Kier alpha value is -2.44. The van der Waals surface area contributed by atoms with Crippen LogP contribution in [-0.2, 0) is 19.1 Å². The minimum Gasteiger partial charge on any atom is -0.466 e. The van der Waals surface area contributed by atoms with E-state index in [1.165, 1.54) is 11.0 Å². The fourth-order valence-corrected chi connectivity index (χ4v) is 3.63. The fraction of sp³-hybridized carbons (Fsp3) is 0.526. The Morgan fingerprint density at radius 3 is 2.54 bits per heavy atom. The molecule has 2 aliphatic heterocycles. The van der Waals surface area contributed by atoms with Crippen LogP contribution in [-0.4, -0.2) is 48.9 Å². The quantitative estimate of drug-likeness (QED) is 0.768. The van der Waals surface area contributed by atoms with E-state index in [1.54, 1.807) is 30.0 Å². The first-order valence-electron chi connectivity index (χ1n) is 9.01. The van der Waals surface area contributed by atoms with E-state index >= 15 is 0 Å². The van der Waals surface area contributed by atoms with Crippen LogP contribution in [0, 0.1) is 17.7 Å². The van der Waals surface area contributed by atoms with Gasteiger partial charge in [0, 0.05) is 26.1 Å². The number of hydrogen-bond donors (Lipinski definition) is 0. The lowest BCUT2D eigenvalue weighted by molar-refractivity contribution is -0.151. The summed E-state index contributed by atoms with van der Waals surface area (Å²) in [6, 6.07) is 6.08. The van der Waals surface area contributed by atoms with Crippen molar-refractivity contribution in [2.24, 2.45) is 11.8 Å². The van der Waals surface area contributed by atoms with Crippen LogP contribution in [0.5, 0.6) is 0 Å². The SMILES string of the molecule is CCOC(=O)C1CCN(C(=O)[C@@H]2CC(=O)N(c3ccccc3F)C2)CC1. The molecule has 2 fully saturated rings. The van der Waals surface area contributed by atoms with Gasteiger partial charge in [-0.1, -0.05) is 12.1 Å². The van der Waals surface area contributed by atoms with Crippen molar-refractivity contribution in [3.63, 3.8) is 0 Å². The second-order valence-electron chi connectivity index (χ2n) is 6.71. The van der Waals surface area contributed by atoms with E-state index in [0.717, 1.165) is 0 Å². The van der Waals surface area contributed by atoms with Gasteiger partial charge in [-0.2, -0.15) is 0 Å². The number of hydrogen-bond acceptors (Lipinski definition) is 4. The van der Waals surface area contributed by atoms with Gasteiger partial charge >= 0.3 is 5.97 Å². The van der Waals surface area contributed by atoms with Gasteiger partial charge in [0.2, 0.25) is 11.8 Å². The first kappa shape index (κ1) is 18.4. The van der Waals surface area contributed by atoms with Gasteiger partial charge in [-0.25, -0.2) is 4.39 Å². The van der Waals surface area contributed by atoms with Crippen molar-refractivity contribution in [2.75, 3.05) is 31.1 Å². The van der Waals surface area contributed by atoms with Gasteiger partial charge in [0.25, 0.3) is 0 Å². The number of halogens is 1. The molecular weight excluding hydrogens is 339 g/mol. The smallest absolute Gasteiger partial charge is 0.309 e. The Labute approximate surface area is 151 Å². The average molecular weight is 362 g/mol. The second kappa shape index (κ2) is 7.85. The van der Waals surface area contributed by atoms with Gasteiger partial charge in [-0.05, 0) is 31.9 Å². The topological polar surface area (TPSA) is 66.9 Å². The van der Waals surface area contributed by atoms with Gasteiger partial charge in [0.05, 0.1) is 24.1 Å². The maximum atomic E-state index is 13.9. The molecule has 2 saturated heterocycles. The number of rotatable bonds is 4. The molecule has 2 amide bonds. The third-order valence-electron chi connectivity index (χ3n) is 5.04. The van der Waals surface area contributed by atoms with Crippen LogP contribution >= 0.6 is 0 Å². The zero-order valence-corrected chi connectivity index (χ0v) is 14.8. The monoisotopic (exact) mass is 362 g/mol. The molecule has 6 nitrogen and oxygen atoms in total. The molecule has 1 aromatic carbocycles. The maximum absolute atomic E-state index is 13.9. The van der Waals surface area contributed by atoms with Gasteiger partial charge in [-0.15, -0.1) is 0 Å². The minimum atomic E-state index is -0.471. The van der Waals surface area contributed by atoms with E-state index in [2.05, 4.69) is 0 Å². The summed E-state index contributed by atoms with van der Waals surface area (Å²) >= 11 is 0. The predicted molar refractivity (Wildman–Crippen MR) is 92.8 cm³/mol. The second-order valence-corrected chi connectivity index (χ2v) is 6.71.